The highest BCUT2D eigenvalue weighted by molar-refractivity contribution is 5.80. The van der Waals surface area contributed by atoms with Crippen LogP contribution in [0.4, 0.5) is 13.2 Å². The standard InChI is InChI=1S/C20H22F3NO3/c1-15(27-13-17-5-3-2-4-6-17)19(25)24-11-16-7-9-18(10-8-16)12-26-14-20(21,22)23/h2-10,15H,11-14H2,1H3,(H,24,25). The zero-order valence-electron chi connectivity index (χ0n) is 15.0. The Hall–Kier alpha value is -2.38. The van der Waals surface area contributed by atoms with Crippen LogP contribution in [0.2, 0.25) is 0 Å². The molecular formula is C20H22F3NO3. The smallest absolute Gasteiger partial charge is 0.367 e. The van der Waals surface area contributed by atoms with Crippen molar-refractivity contribution in [3.05, 3.63) is 71.3 Å². The zero-order chi connectivity index (χ0) is 19.7. The molecule has 0 saturated carbocycles. The molecule has 0 bridgehead atoms. The fourth-order valence-corrected chi connectivity index (χ4v) is 2.24. The number of carbonyl (C=O) groups is 1. The summed E-state index contributed by atoms with van der Waals surface area (Å²) in [4.78, 5) is 12.1. The number of carbonyl (C=O) groups excluding carboxylic acids is 1. The van der Waals surface area contributed by atoms with Crippen LogP contribution in [-0.4, -0.2) is 24.8 Å². The number of hydrogen-bond acceptors (Lipinski definition) is 3. The van der Waals surface area contributed by atoms with E-state index in [2.05, 4.69) is 10.1 Å². The Kier molecular flexibility index (Phi) is 7.82. The summed E-state index contributed by atoms with van der Waals surface area (Å²) in [6.45, 7) is 0.950. The molecule has 1 N–H and O–H groups in total. The maximum Gasteiger partial charge on any atom is 0.411 e. The van der Waals surface area contributed by atoms with Crippen molar-refractivity contribution in [1.29, 1.82) is 0 Å². The topological polar surface area (TPSA) is 47.6 Å². The van der Waals surface area contributed by atoms with Crippen LogP contribution < -0.4 is 5.32 Å². The third-order valence-electron chi connectivity index (χ3n) is 3.74. The molecule has 0 aliphatic rings. The van der Waals surface area contributed by atoms with E-state index in [9.17, 15) is 18.0 Å². The van der Waals surface area contributed by atoms with Crippen LogP contribution >= 0.6 is 0 Å². The second-order valence-corrected chi connectivity index (χ2v) is 6.08. The minimum atomic E-state index is -4.33. The summed E-state index contributed by atoms with van der Waals surface area (Å²) >= 11 is 0. The van der Waals surface area contributed by atoms with Gasteiger partial charge in [-0.1, -0.05) is 54.6 Å². The predicted molar refractivity (Wildman–Crippen MR) is 94.7 cm³/mol. The van der Waals surface area contributed by atoms with Gasteiger partial charge < -0.3 is 14.8 Å². The molecule has 7 heteroatoms. The third-order valence-corrected chi connectivity index (χ3v) is 3.74. The number of amides is 1. The van der Waals surface area contributed by atoms with E-state index in [1.54, 1.807) is 31.2 Å². The van der Waals surface area contributed by atoms with Crippen LogP contribution in [-0.2, 0) is 34.0 Å². The SMILES string of the molecule is CC(OCc1ccccc1)C(=O)NCc1ccc(COCC(F)(F)F)cc1. The quantitative estimate of drug-likeness (QED) is 0.715. The fourth-order valence-electron chi connectivity index (χ4n) is 2.24. The van der Waals surface area contributed by atoms with Gasteiger partial charge in [-0.05, 0) is 23.6 Å². The molecule has 0 heterocycles. The van der Waals surface area contributed by atoms with E-state index in [4.69, 9.17) is 4.74 Å². The second-order valence-electron chi connectivity index (χ2n) is 6.08. The van der Waals surface area contributed by atoms with E-state index in [-0.39, 0.29) is 12.5 Å². The van der Waals surface area contributed by atoms with Gasteiger partial charge in [0, 0.05) is 6.54 Å². The Labute approximate surface area is 156 Å². The molecule has 0 saturated heterocycles. The number of alkyl halides is 3. The molecule has 0 fully saturated rings. The Bertz CT molecular complexity index is 703. The lowest BCUT2D eigenvalue weighted by Gasteiger charge is -2.14. The summed E-state index contributed by atoms with van der Waals surface area (Å²) in [5, 5.41) is 2.77. The number of rotatable bonds is 9. The number of hydrogen-bond donors (Lipinski definition) is 1. The van der Waals surface area contributed by atoms with Crippen molar-refractivity contribution >= 4 is 5.91 Å². The van der Waals surface area contributed by atoms with Crippen LogP contribution in [0.15, 0.2) is 54.6 Å². The van der Waals surface area contributed by atoms with Crippen LogP contribution in [0.3, 0.4) is 0 Å². The zero-order valence-corrected chi connectivity index (χ0v) is 15.0. The number of ether oxygens (including phenoxy) is 2. The monoisotopic (exact) mass is 381 g/mol. The summed E-state index contributed by atoms with van der Waals surface area (Å²) in [6.07, 6.45) is -4.93. The second kappa shape index (κ2) is 10.1. The van der Waals surface area contributed by atoms with Crippen molar-refractivity contribution in [2.24, 2.45) is 0 Å². The summed E-state index contributed by atoms with van der Waals surface area (Å²) in [5.41, 5.74) is 2.45. The molecule has 1 amide bonds. The molecule has 2 aromatic carbocycles. The van der Waals surface area contributed by atoms with Gasteiger partial charge >= 0.3 is 6.18 Å². The van der Waals surface area contributed by atoms with Gasteiger partial charge in [-0.15, -0.1) is 0 Å². The Morgan fingerprint density at radius 1 is 0.963 bits per heavy atom. The van der Waals surface area contributed by atoms with Gasteiger partial charge in [0.1, 0.15) is 12.7 Å². The summed E-state index contributed by atoms with van der Waals surface area (Å²) < 4.78 is 46.3. The lowest BCUT2D eigenvalue weighted by molar-refractivity contribution is -0.176. The van der Waals surface area contributed by atoms with Gasteiger partial charge in [0.2, 0.25) is 5.91 Å². The first kappa shape index (κ1) is 20.9. The molecular weight excluding hydrogens is 359 g/mol. The van der Waals surface area contributed by atoms with E-state index in [0.717, 1.165) is 11.1 Å². The molecule has 0 aliphatic carbocycles. The Morgan fingerprint density at radius 2 is 1.56 bits per heavy atom. The predicted octanol–water partition coefficient (Wildman–Crippen LogP) is 3.99. The minimum Gasteiger partial charge on any atom is -0.367 e. The number of benzene rings is 2. The van der Waals surface area contributed by atoms with Gasteiger partial charge in [0.05, 0.1) is 13.2 Å². The highest BCUT2D eigenvalue weighted by Gasteiger charge is 2.27. The maximum absolute atomic E-state index is 12.1. The summed E-state index contributed by atoms with van der Waals surface area (Å²) in [7, 11) is 0. The third kappa shape index (κ3) is 8.23. The van der Waals surface area contributed by atoms with Gasteiger partial charge in [-0.25, -0.2) is 0 Å². The molecule has 0 aliphatic heterocycles. The van der Waals surface area contributed by atoms with Gasteiger partial charge in [0.15, 0.2) is 0 Å². The van der Waals surface area contributed by atoms with E-state index in [0.29, 0.717) is 18.7 Å². The van der Waals surface area contributed by atoms with Crippen LogP contribution in [0.5, 0.6) is 0 Å². The molecule has 2 rings (SSSR count). The average molecular weight is 381 g/mol. The largest absolute Gasteiger partial charge is 0.411 e. The number of nitrogens with one attached hydrogen (secondary N) is 1. The lowest BCUT2D eigenvalue weighted by Crippen LogP contribution is -2.34. The first-order valence-corrected chi connectivity index (χ1v) is 8.49. The molecule has 1 atom stereocenters. The first-order valence-electron chi connectivity index (χ1n) is 8.49. The first-order chi connectivity index (χ1) is 12.8. The van der Waals surface area contributed by atoms with Crippen molar-refractivity contribution in [1.82, 2.24) is 5.32 Å². The highest BCUT2D eigenvalue weighted by Crippen LogP contribution is 2.16. The molecule has 0 radical (unpaired) electrons. The van der Waals surface area contributed by atoms with Crippen molar-refractivity contribution in [2.45, 2.75) is 39.0 Å². The molecule has 0 spiro atoms. The summed E-state index contributed by atoms with van der Waals surface area (Å²) in [6, 6.07) is 16.4. The van der Waals surface area contributed by atoms with E-state index >= 15 is 0 Å². The van der Waals surface area contributed by atoms with E-state index in [1.165, 1.54) is 0 Å². The van der Waals surface area contributed by atoms with Crippen LogP contribution in [0.25, 0.3) is 0 Å². The summed E-state index contributed by atoms with van der Waals surface area (Å²) in [5.74, 6) is -0.233. The van der Waals surface area contributed by atoms with Crippen molar-refractivity contribution < 1.29 is 27.4 Å². The molecule has 27 heavy (non-hydrogen) atoms. The van der Waals surface area contributed by atoms with Crippen molar-refractivity contribution in [3.8, 4) is 0 Å². The van der Waals surface area contributed by atoms with Gasteiger partial charge in [-0.2, -0.15) is 13.2 Å². The highest BCUT2D eigenvalue weighted by atomic mass is 19.4. The van der Waals surface area contributed by atoms with E-state index in [1.807, 2.05) is 30.3 Å². The van der Waals surface area contributed by atoms with E-state index < -0.39 is 18.9 Å². The average Bonchev–Trinajstić information content (AvgIpc) is 2.65. The molecule has 146 valence electrons. The van der Waals surface area contributed by atoms with Gasteiger partial charge in [0.25, 0.3) is 0 Å². The molecule has 0 aromatic heterocycles. The maximum atomic E-state index is 12.1. The lowest BCUT2D eigenvalue weighted by atomic mass is 10.1. The minimum absolute atomic E-state index is 0.115. The Balaban J connectivity index is 1.71. The molecule has 1 unspecified atom stereocenters. The number of halogens is 3. The van der Waals surface area contributed by atoms with Crippen molar-refractivity contribution in [2.75, 3.05) is 6.61 Å². The normalized spacial score (nSPS) is 12.6. The van der Waals surface area contributed by atoms with Gasteiger partial charge in [-0.3, -0.25) is 4.79 Å². The van der Waals surface area contributed by atoms with Crippen molar-refractivity contribution in [3.63, 3.8) is 0 Å². The molecule has 4 nitrogen and oxygen atoms in total. The fraction of sp³-hybridized carbons (Fsp3) is 0.350. The van der Waals surface area contributed by atoms with Crippen LogP contribution in [0, 0.1) is 0 Å². The molecule has 2 aromatic rings. The Morgan fingerprint density at radius 3 is 2.19 bits per heavy atom. The van der Waals surface area contributed by atoms with Crippen LogP contribution in [0.1, 0.15) is 23.6 Å².